The molecule has 112 valence electrons. The summed E-state index contributed by atoms with van der Waals surface area (Å²) in [5, 5.41) is 3.20. The van der Waals surface area contributed by atoms with E-state index in [1.807, 2.05) is 0 Å². The fourth-order valence-electron chi connectivity index (χ4n) is 1.76. The molecule has 0 fully saturated rings. The van der Waals surface area contributed by atoms with E-state index in [9.17, 15) is 8.78 Å². The lowest BCUT2D eigenvalue weighted by molar-refractivity contribution is 0.231. The molecule has 0 bridgehead atoms. The minimum atomic E-state index is -0.558. The number of hydrogen-bond acceptors (Lipinski definition) is 3. The lowest BCUT2D eigenvalue weighted by atomic mass is 10.2. The number of anilines is 3. The summed E-state index contributed by atoms with van der Waals surface area (Å²) in [6.07, 6.45) is -0.186. The Morgan fingerprint density at radius 2 is 1.86 bits per heavy atom. The number of nitrogens with one attached hydrogen (secondary N) is 1. The maximum absolute atomic E-state index is 13.8. The van der Waals surface area contributed by atoms with Crippen molar-refractivity contribution in [2.45, 2.75) is 20.0 Å². The van der Waals surface area contributed by atoms with Crippen LogP contribution in [-0.2, 0) is 0 Å². The van der Waals surface area contributed by atoms with Gasteiger partial charge in [-0.05, 0) is 32.0 Å². The molecule has 0 saturated heterocycles. The number of nitrogen functional groups attached to an aromatic ring is 1. The molecule has 3 N–H and O–H groups in total. The first-order valence-electron chi connectivity index (χ1n) is 6.34. The van der Waals surface area contributed by atoms with Gasteiger partial charge in [0, 0.05) is 12.1 Å². The van der Waals surface area contributed by atoms with E-state index in [1.165, 1.54) is 24.3 Å². The quantitative estimate of drug-likeness (QED) is 0.802. The predicted octanol–water partition coefficient (Wildman–Crippen LogP) is 4.73. The first-order valence-corrected chi connectivity index (χ1v) is 6.72. The second-order valence-corrected chi connectivity index (χ2v) is 5.19. The summed E-state index contributed by atoms with van der Waals surface area (Å²) in [6, 6.07) is 6.46. The molecule has 0 radical (unpaired) electrons. The largest absolute Gasteiger partial charge is 0.488 e. The molecule has 0 atom stereocenters. The van der Waals surface area contributed by atoms with Crippen molar-refractivity contribution in [3.63, 3.8) is 0 Å². The van der Waals surface area contributed by atoms with Crippen molar-refractivity contribution >= 4 is 28.7 Å². The smallest absolute Gasteiger partial charge is 0.167 e. The van der Waals surface area contributed by atoms with Crippen molar-refractivity contribution in [1.82, 2.24) is 0 Å². The van der Waals surface area contributed by atoms with E-state index in [0.29, 0.717) is 16.4 Å². The highest BCUT2D eigenvalue weighted by Gasteiger charge is 2.12. The molecule has 0 saturated carbocycles. The highest BCUT2D eigenvalue weighted by atomic mass is 35.5. The molecule has 0 aliphatic rings. The maximum Gasteiger partial charge on any atom is 0.167 e. The molecule has 0 aliphatic heterocycles. The third-order valence-corrected chi connectivity index (χ3v) is 2.99. The highest BCUT2D eigenvalue weighted by Crippen LogP contribution is 2.33. The monoisotopic (exact) mass is 312 g/mol. The van der Waals surface area contributed by atoms with E-state index in [1.54, 1.807) is 13.8 Å². The van der Waals surface area contributed by atoms with E-state index in [2.05, 4.69) is 5.32 Å². The Labute approximate surface area is 126 Å². The predicted molar refractivity (Wildman–Crippen MR) is 81.3 cm³/mol. The van der Waals surface area contributed by atoms with Gasteiger partial charge in [0.15, 0.2) is 11.6 Å². The molecule has 6 heteroatoms. The van der Waals surface area contributed by atoms with Crippen molar-refractivity contribution in [3.8, 4) is 5.75 Å². The SMILES string of the molecule is CC(C)Oc1cc(Nc2cc(F)ccc2Cl)c(N)cc1F. The standard InChI is InChI=1S/C15H15ClF2N2O/c1-8(2)21-15-7-14(12(19)6-11(15)18)20-13-5-9(17)3-4-10(13)16/h3-8,20H,19H2,1-2H3. The van der Waals surface area contributed by atoms with Crippen LogP contribution in [-0.4, -0.2) is 6.10 Å². The summed E-state index contributed by atoms with van der Waals surface area (Å²) in [6.45, 7) is 3.57. The van der Waals surface area contributed by atoms with Gasteiger partial charge in [-0.15, -0.1) is 0 Å². The zero-order valence-corrected chi connectivity index (χ0v) is 12.3. The molecule has 0 amide bonds. The van der Waals surface area contributed by atoms with Crippen LogP contribution in [0.2, 0.25) is 5.02 Å². The topological polar surface area (TPSA) is 47.3 Å². The minimum Gasteiger partial charge on any atom is -0.488 e. The van der Waals surface area contributed by atoms with Crippen molar-refractivity contribution < 1.29 is 13.5 Å². The van der Waals surface area contributed by atoms with Gasteiger partial charge in [0.1, 0.15) is 5.82 Å². The van der Waals surface area contributed by atoms with Gasteiger partial charge >= 0.3 is 0 Å². The van der Waals surface area contributed by atoms with Gasteiger partial charge in [-0.2, -0.15) is 0 Å². The molecule has 0 spiro atoms. The number of benzene rings is 2. The Kier molecular flexibility index (Phi) is 4.53. The number of ether oxygens (including phenoxy) is 1. The number of hydrogen-bond donors (Lipinski definition) is 2. The first kappa shape index (κ1) is 15.4. The van der Waals surface area contributed by atoms with Gasteiger partial charge in [-0.3, -0.25) is 0 Å². The van der Waals surface area contributed by atoms with Crippen LogP contribution in [0.15, 0.2) is 30.3 Å². The average Bonchev–Trinajstić information content (AvgIpc) is 2.39. The van der Waals surface area contributed by atoms with E-state index < -0.39 is 11.6 Å². The zero-order valence-electron chi connectivity index (χ0n) is 11.6. The minimum absolute atomic E-state index is 0.0641. The van der Waals surface area contributed by atoms with Gasteiger partial charge in [-0.1, -0.05) is 11.6 Å². The lowest BCUT2D eigenvalue weighted by Crippen LogP contribution is -2.08. The molecular weight excluding hydrogens is 298 g/mol. The molecule has 2 rings (SSSR count). The molecule has 0 aliphatic carbocycles. The molecule has 21 heavy (non-hydrogen) atoms. The van der Waals surface area contributed by atoms with Crippen LogP contribution in [0.4, 0.5) is 25.8 Å². The summed E-state index contributed by atoms with van der Waals surface area (Å²) in [7, 11) is 0. The molecule has 3 nitrogen and oxygen atoms in total. The lowest BCUT2D eigenvalue weighted by Gasteiger charge is -2.15. The Bertz CT molecular complexity index is 662. The van der Waals surface area contributed by atoms with Crippen molar-refractivity contribution in [1.29, 1.82) is 0 Å². The first-order chi connectivity index (χ1) is 9.86. The third kappa shape index (κ3) is 3.76. The molecule has 0 unspecified atom stereocenters. The normalized spacial score (nSPS) is 10.8. The number of rotatable bonds is 4. The molecule has 2 aromatic carbocycles. The van der Waals surface area contributed by atoms with Crippen molar-refractivity contribution in [2.24, 2.45) is 0 Å². The second-order valence-electron chi connectivity index (χ2n) is 4.79. The summed E-state index contributed by atoms with van der Waals surface area (Å²) in [5.74, 6) is -0.937. The van der Waals surface area contributed by atoms with Gasteiger partial charge in [0.05, 0.1) is 28.2 Å². The van der Waals surface area contributed by atoms with Gasteiger partial charge in [0.2, 0.25) is 0 Å². The van der Waals surface area contributed by atoms with E-state index in [-0.39, 0.29) is 17.5 Å². The maximum atomic E-state index is 13.8. The van der Waals surface area contributed by atoms with E-state index in [0.717, 1.165) is 6.07 Å². The molecule has 2 aromatic rings. The number of nitrogens with two attached hydrogens (primary N) is 1. The van der Waals surface area contributed by atoms with Gasteiger partial charge in [0.25, 0.3) is 0 Å². The Morgan fingerprint density at radius 3 is 2.52 bits per heavy atom. The summed E-state index contributed by atoms with van der Waals surface area (Å²) >= 11 is 5.98. The Balaban J connectivity index is 2.37. The number of halogens is 3. The fourth-order valence-corrected chi connectivity index (χ4v) is 1.92. The second kappa shape index (κ2) is 6.18. The van der Waals surface area contributed by atoms with Crippen LogP contribution in [0.3, 0.4) is 0 Å². The summed E-state index contributed by atoms with van der Waals surface area (Å²) in [5.41, 5.74) is 6.66. The van der Waals surface area contributed by atoms with Crippen LogP contribution < -0.4 is 15.8 Å². The van der Waals surface area contributed by atoms with Gasteiger partial charge < -0.3 is 15.8 Å². The van der Waals surface area contributed by atoms with Crippen molar-refractivity contribution in [3.05, 3.63) is 47.0 Å². The highest BCUT2D eigenvalue weighted by molar-refractivity contribution is 6.33. The van der Waals surface area contributed by atoms with Crippen LogP contribution in [0.25, 0.3) is 0 Å². The van der Waals surface area contributed by atoms with E-state index >= 15 is 0 Å². The van der Waals surface area contributed by atoms with Gasteiger partial charge in [-0.25, -0.2) is 8.78 Å². The van der Waals surface area contributed by atoms with Crippen molar-refractivity contribution in [2.75, 3.05) is 11.1 Å². The van der Waals surface area contributed by atoms with E-state index in [4.69, 9.17) is 22.1 Å². The molecule has 0 aromatic heterocycles. The van der Waals surface area contributed by atoms with Crippen LogP contribution in [0.1, 0.15) is 13.8 Å². The van der Waals surface area contributed by atoms with Crippen LogP contribution >= 0.6 is 11.6 Å². The average molecular weight is 313 g/mol. The summed E-state index contributed by atoms with van der Waals surface area (Å²) < 4.78 is 32.4. The molecule has 0 heterocycles. The summed E-state index contributed by atoms with van der Waals surface area (Å²) in [4.78, 5) is 0. The van der Waals surface area contributed by atoms with Crippen LogP contribution in [0, 0.1) is 11.6 Å². The molecular formula is C15H15ClF2N2O. The third-order valence-electron chi connectivity index (χ3n) is 2.66. The fraction of sp³-hybridized carbons (Fsp3) is 0.200. The van der Waals surface area contributed by atoms with Crippen LogP contribution in [0.5, 0.6) is 5.75 Å². The Morgan fingerprint density at radius 1 is 1.14 bits per heavy atom. The zero-order chi connectivity index (χ0) is 15.6. The Hall–Kier alpha value is -2.01.